The zero-order valence-corrected chi connectivity index (χ0v) is 21.4. The molecule has 0 spiro atoms. The van der Waals surface area contributed by atoms with Gasteiger partial charge in [0.15, 0.2) is 11.4 Å². The number of phenolic OH excluding ortho intramolecular Hbond substituents is 1. The van der Waals surface area contributed by atoms with Crippen molar-refractivity contribution in [3.8, 4) is 5.75 Å². The predicted molar refractivity (Wildman–Crippen MR) is 137 cm³/mol. The molecule has 4 rings (SSSR count). The van der Waals surface area contributed by atoms with E-state index in [4.69, 9.17) is 5.73 Å². The summed E-state index contributed by atoms with van der Waals surface area (Å²) in [4.78, 5) is 40.5. The number of rotatable bonds is 8. The SMILES string of the molecule is CCCCCCNc1ccc(O)c2c1CC1CC3[C@H](N(C)C)C(=O)C(C(N)=O)=C(O)[C@@]3(O)C(=O)C1=C2O. The van der Waals surface area contributed by atoms with Crippen LogP contribution >= 0.6 is 0 Å². The minimum atomic E-state index is -2.63. The van der Waals surface area contributed by atoms with Gasteiger partial charge in [-0.1, -0.05) is 26.2 Å². The van der Waals surface area contributed by atoms with E-state index in [0.717, 1.165) is 31.4 Å². The first-order valence-corrected chi connectivity index (χ1v) is 12.7. The molecule has 10 nitrogen and oxygen atoms in total. The van der Waals surface area contributed by atoms with Crippen LogP contribution in [0.5, 0.6) is 5.75 Å². The second-order valence-electron chi connectivity index (χ2n) is 10.4. The summed E-state index contributed by atoms with van der Waals surface area (Å²) in [5.41, 5.74) is 3.20. The third-order valence-corrected chi connectivity index (χ3v) is 7.95. The minimum Gasteiger partial charge on any atom is -0.508 e. The van der Waals surface area contributed by atoms with E-state index in [-0.39, 0.29) is 29.7 Å². The number of aromatic hydroxyl groups is 1. The maximum Gasteiger partial charge on any atom is 0.255 e. The van der Waals surface area contributed by atoms with E-state index in [2.05, 4.69) is 12.2 Å². The third-order valence-electron chi connectivity index (χ3n) is 7.95. The van der Waals surface area contributed by atoms with Crippen LogP contribution in [0.2, 0.25) is 0 Å². The number of aliphatic hydroxyl groups excluding tert-OH is 2. The van der Waals surface area contributed by atoms with Gasteiger partial charge in [-0.25, -0.2) is 0 Å². The monoisotopic (exact) mass is 513 g/mol. The molecule has 0 saturated heterocycles. The number of anilines is 1. The van der Waals surface area contributed by atoms with E-state index in [9.17, 15) is 34.8 Å². The van der Waals surface area contributed by atoms with Crippen LogP contribution in [0.4, 0.5) is 5.69 Å². The number of aliphatic hydroxyl groups is 3. The first-order valence-electron chi connectivity index (χ1n) is 12.7. The van der Waals surface area contributed by atoms with Crippen molar-refractivity contribution in [1.82, 2.24) is 4.90 Å². The smallest absolute Gasteiger partial charge is 0.255 e. The summed E-state index contributed by atoms with van der Waals surface area (Å²) in [6.45, 7) is 2.83. The molecule has 200 valence electrons. The van der Waals surface area contributed by atoms with Crippen LogP contribution < -0.4 is 11.1 Å². The van der Waals surface area contributed by atoms with Crippen LogP contribution in [0, 0.1) is 11.8 Å². The summed E-state index contributed by atoms with van der Waals surface area (Å²) < 4.78 is 0. The van der Waals surface area contributed by atoms with Gasteiger partial charge in [0.25, 0.3) is 5.91 Å². The molecule has 10 heteroatoms. The number of unbranched alkanes of at least 4 members (excludes halogenated alkanes) is 3. The van der Waals surface area contributed by atoms with Gasteiger partial charge in [0, 0.05) is 23.7 Å². The molecule has 7 N–H and O–H groups in total. The lowest BCUT2D eigenvalue weighted by Gasteiger charge is -2.50. The van der Waals surface area contributed by atoms with Gasteiger partial charge in [-0.2, -0.15) is 0 Å². The maximum absolute atomic E-state index is 13.8. The Morgan fingerprint density at radius 1 is 1.16 bits per heavy atom. The van der Waals surface area contributed by atoms with Gasteiger partial charge >= 0.3 is 0 Å². The molecule has 0 heterocycles. The number of benzene rings is 1. The summed E-state index contributed by atoms with van der Waals surface area (Å²) in [5, 5.41) is 47.7. The summed E-state index contributed by atoms with van der Waals surface area (Å²) in [6.07, 6.45) is 4.59. The molecule has 1 amide bonds. The molecule has 0 bridgehead atoms. The first kappa shape index (κ1) is 26.7. The quantitative estimate of drug-likeness (QED) is 0.172. The van der Waals surface area contributed by atoms with Crippen LogP contribution in [-0.2, 0) is 20.8 Å². The molecular weight excluding hydrogens is 478 g/mol. The Morgan fingerprint density at radius 3 is 2.49 bits per heavy atom. The van der Waals surface area contributed by atoms with Gasteiger partial charge in [-0.05, 0) is 57.0 Å². The highest BCUT2D eigenvalue weighted by molar-refractivity contribution is 6.24. The summed E-state index contributed by atoms with van der Waals surface area (Å²) in [5.74, 6) is -6.50. The van der Waals surface area contributed by atoms with Crippen molar-refractivity contribution in [2.24, 2.45) is 17.6 Å². The van der Waals surface area contributed by atoms with E-state index in [1.54, 1.807) is 20.2 Å². The third kappa shape index (κ3) is 4.08. The zero-order valence-electron chi connectivity index (χ0n) is 21.4. The van der Waals surface area contributed by atoms with Gasteiger partial charge in [0.05, 0.1) is 11.6 Å². The number of primary amides is 1. The fraction of sp³-hybridized carbons (Fsp3) is 0.519. The van der Waals surface area contributed by atoms with Crippen LogP contribution in [0.15, 0.2) is 29.0 Å². The summed E-state index contributed by atoms with van der Waals surface area (Å²) in [7, 11) is 3.15. The lowest BCUT2D eigenvalue weighted by Crippen LogP contribution is -2.65. The van der Waals surface area contributed by atoms with Gasteiger partial charge in [-0.3, -0.25) is 19.3 Å². The van der Waals surface area contributed by atoms with Crippen molar-refractivity contribution >= 4 is 28.9 Å². The van der Waals surface area contributed by atoms with Gasteiger partial charge in [-0.15, -0.1) is 0 Å². The Bertz CT molecular complexity index is 1220. The van der Waals surface area contributed by atoms with E-state index < -0.39 is 58.0 Å². The van der Waals surface area contributed by atoms with Crippen molar-refractivity contribution in [2.45, 2.75) is 57.1 Å². The van der Waals surface area contributed by atoms with Crippen molar-refractivity contribution in [1.29, 1.82) is 0 Å². The number of likely N-dealkylation sites (N-methyl/N-ethyl adjacent to an activating group) is 1. The van der Waals surface area contributed by atoms with E-state index in [0.29, 0.717) is 12.1 Å². The molecule has 1 aromatic rings. The molecule has 3 aliphatic carbocycles. The highest BCUT2D eigenvalue weighted by Crippen LogP contribution is 2.53. The van der Waals surface area contributed by atoms with Gasteiger partial charge in [0.2, 0.25) is 5.78 Å². The molecule has 1 fully saturated rings. The molecule has 0 radical (unpaired) electrons. The number of hydrogen-bond acceptors (Lipinski definition) is 9. The van der Waals surface area contributed by atoms with Crippen LogP contribution in [0.1, 0.15) is 50.2 Å². The number of carbonyl (C=O) groups excluding carboxylic acids is 3. The molecule has 0 aliphatic heterocycles. The Morgan fingerprint density at radius 2 is 1.86 bits per heavy atom. The van der Waals surface area contributed by atoms with Crippen molar-refractivity contribution in [2.75, 3.05) is 26.0 Å². The maximum atomic E-state index is 13.8. The second kappa shape index (κ2) is 9.83. The summed E-state index contributed by atoms with van der Waals surface area (Å²) >= 11 is 0. The molecule has 1 saturated carbocycles. The number of fused-ring (bicyclic) bond motifs is 3. The highest BCUT2D eigenvalue weighted by atomic mass is 16.3. The zero-order chi connectivity index (χ0) is 27.2. The van der Waals surface area contributed by atoms with Crippen LogP contribution in [-0.4, -0.2) is 75.1 Å². The molecule has 1 aromatic carbocycles. The topological polar surface area (TPSA) is 173 Å². The Kier molecular flexibility index (Phi) is 7.09. The molecular formula is C27H35N3O7. The van der Waals surface area contributed by atoms with Gasteiger partial charge in [0.1, 0.15) is 22.8 Å². The van der Waals surface area contributed by atoms with Crippen LogP contribution in [0.3, 0.4) is 0 Å². The average Bonchev–Trinajstić information content (AvgIpc) is 2.82. The number of Topliss-reactive ketones (excluding diaryl/α,β-unsaturated/α-hetero) is 2. The number of hydrogen-bond donors (Lipinski definition) is 6. The van der Waals surface area contributed by atoms with E-state index >= 15 is 0 Å². The number of nitrogens with zero attached hydrogens (tertiary/aromatic N) is 1. The van der Waals surface area contributed by atoms with Crippen LogP contribution in [0.25, 0.3) is 5.76 Å². The number of nitrogens with one attached hydrogen (secondary N) is 1. The van der Waals surface area contributed by atoms with Gasteiger partial charge < -0.3 is 31.5 Å². The largest absolute Gasteiger partial charge is 0.508 e. The standard InChI is InChI=1S/C27H35N3O7/c1-4-5-6-7-10-29-16-8-9-17(31)19-14(16)11-13-12-15-21(30(2)3)23(33)20(26(28)36)25(35)27(15,37)24(34)18(13)22(19)32/h8-9,13,15,21,29,31-32,35,37H,4-7,10-12H2,1-3H3,(H2,28,36)/t13?,15?,21-,27-/m0/s1. The Labute approximate surface area is 215 Å². The molecule has 0 aromatic heterocycles. The lowest BCUT2D eigenvalue weighted by molar-refractivity contribution is -0.153. The van der Waals surface area contributed by atoms with Crippen molar-refractivity contribution in [3.05, 3.63) is 40.2 Å². The highest BCUT2D eigenvalue weighted by Gasteiger charge is 2.64. The Hall–Kier alpha value is -3.37. The number of carbonyl (C=O) groups is 3. The normalized spacial score (nSPS) is 27.2. The second-order valence-corrected chi connectivity index (χ2v) is 10.4. The number of phenols is 1. The number of nitrogens with two attached hydrogens (primary N) is 1. The Balaban J connectivity index is 1.82. The average molecular weight is 514 g/mol. The predicted octanol–water partition coefficient (Wildman–Crippen LogP) is 1.96. The molecule has 37 heavy (non-hydrogen) atoms. The molecule has 4 atom stereocenters. The fourth-order valence-electron chi connectivity index (χ4n) is 6.18. The lowest BCUT2D eigenvalue weighted by atomic mass is 9.57. The van der Waals surface area contributed by atoms with E-state index in [1.165, 1.54) is 11.0 Å². The first-order chi connectivity index (χ1) is 17.5. The van der Waals surface area contributed by atoms with Crippen molar-refractivity contribution in [3.63, 3.8) is 0 Å². The number of amides is 1. The summed E-state index contributed by atoms with van der Waals surface area (Å²) in [6, 6.07) is 2.06. The molecule has 2 unspecified atom stereocenters. The number of ketones is 2. The van der Waals surface area contributed by atoms with Crippen molar-refractivity contribution < 1.29 is 34.8 Å². The minimum absolute atomic E-state index is 0.0668. The molecule has 3 aliphatic rings. The van der Waals surface area contributed by atoms with E-state index in [1.807, 2.05) is 0 Å². The fourth-order valence-corrected chi connectivity index (χ4v) is 6.18.